The topological polar surface area (TPSA) is 62.4 Å². The van der Waals surface area contributed by atoms with E-state index < -0.39 is 0 Å². The highest BCUT2D eigenvalue weighted by Crippen LogP contribution is 2.30. The highest BCUT2D eigenvalue weighted by molar-refractivity contribution is 5.95. The van der Waals surface area contributed by atoms with Gasteiger partial charge in [-0.1, -0.05) is 0 Å². The first kappa shape index (κ1) is 12.3. The quantitative estimate of drug-likeness (QED) is 0.767. The highest BCUT2D eigenvalue weighted by Gasteiger charge is 2.16. The minimum absolute atomic E-state index is 0.0957. The van der Waals surface area contributed by atoms with Gasteiger partial charge in [-0.3, -0.25) is 4.79 Å². The van der Waals surface area contributed by atoms with Crippen molar-refractivity contribution in [3.8, 4) is 5.75 Å². The number of ether oxygens (including phenoxy) is 1. The smallest absolute Gasteiger partial charge is 0.262 e. The molecule has 0 aliphatic carbocycles. The monoisotopic (exact) mass is 261 g/mol. The van der Waals surface area contributed by atoms with Crippen LogP contribution in [0.2, 0.25) is 0 Å². The second-order valence-electron chi connectivity index (χ2n) is 5.12. The van der Waals surface area contributed by atoms with E-state index in [-0.39, 0.29) is 12.5 Å². The predicted octanol–water partition coefficient (Wildman–Crippen LogP) is 1.43. The molecule has 0 radical (unpaired) electrons. The Kier molecular flexibility index (Phi) is 3.55. The van der Waals surface area contributed by atoms with Gasteiger partial charge in [-0.2, -0.15) is 0 Å². The summed E-state index contributed by atoms with van der Waals surface area (Å²) in [6.45, 7) is 3.34. The number of carbonyl (C=O) groups is 1. The Hall–Kier alpha value is -1.75. The molecule has 102 valence electrons. The van der Waals surface area contributed by atoms with Crippen LogP contribution in [0.15, 0.2) is 18.2 Å². The normalized spacial score (nSPS) is 21.5. The maximum atomic E-state index is 11.3. The summed E-state index contributed by atoms with van der Waals surface area (Å²) in [6, 6.07) is 5.82. The van der Waals surface area contributed by atoms with Crippen molar-refractivity contribution in [1.82, 2.24) is 5.32 Å². The Morgan fingerprint density at radius 1 is 1.42 bits per heavy atom. The van der Waals surface area contributed by atoms with Crippen molar-refractivity contribution in [2.24, 2.45) is 5.92 Å². The predicted molar refractivity (Wildman–Crippen MR) is 74.7 cm³/mol. The fourth-order valence-electron chi connectivity index (χ4n) is 2.57. The zero-order valence-corrected chi connectivity index (χ0v) is 10.9. The molecule has 0 aromatic heterocycles. The maximum Gasteiger partial charge on any atom is 0.262 e. The molecule has 0 saturated carbocycles. The molecule has 2 heterocycles. The van der Waals surface area contributed by atoms with Crippen LogP contribution in [0.5, 0.6) is 5.75 Å². The van der Waals surface area contributed by atoms with Gasteiger partial charge in [0.25, 0.3) is 5.91 Å². The fraction of sp³-hybridized carbons (Fsp3) is 0.500. The van der Waals surface area contributed by atoms with Crippen LogP contribution in [0.4, 0.5) is 11.4 Å². The third kappa shape index (κ3) is 2.98. The molecule has 1 aromatic carbocycles. The van der Waals surface area contributed by atoms with E-state index in [0.29, 0.717) is 0 Å². The Morgan fingerprint density at radius 2 is 2.37 bits per heavy atom. The number of anilines is 2. The summed E-state index contributed by atoms with van der Waals surface area (Å²) in [6.07, 6.45) is 2.45. The first-order chi connectivity index (χ1) is 9.31. The molecular formula is C14H19N3O2. The molecule has 2 aliphatic heterocycles. The van der Waals surface area contributed by atoms with Gasteiger partial charge < -0.3 is 20.7 Å². The van der Waals surface area contributed by atoms with Crippen molar-refractivity contribution in [2.45, 2.75) is 12.8 Å². The van der Waals surface area contributed by atoms with Gasteiger partial charge >= 0.3 is 0 Å². The second-order valence-corrected chi connectivity index (χ2v) is 5.12. The van der Waals surface area contributed by atoms with Gasteiger partial charge in [0.05, 0.1) is 5.69 Å². The minimum Gasteiger partial charge on any atom is -0.482 e. The standard InChI is InChI=1S/C14H19N3O2/c18-14-9-19-13-2-1-11(7-12(13)17-14)16-6-4-10-3-5-15-8-10/h1-2,7,10,15-16H,3-6,8-9H2,(H,17,18). The van der Waals surface area contributed by atoms with Crippen LogP contribution in [0.1, 0.15) is 12.8 Å². The van der Waals surface area contributed by atoms with Crippen LogP contribution in [-0.2, 0) is 4.79 Å². The first-order valence-corrected chi connectivity index (χ1v) is 6.82. The molecule has 1 fully saturated rings. The van der Waals surface area contributed by atoms with Crippen molar-refractivity contribution >= 4 is 17.3 Å². The molecule has 3 rings (SSSR count). The van der Waals surface area contributed by atoms with Gasteiger partial charge in [0.2, 0.25) is 0 Å². The van der Waals surface area contributed by atoms with Crippen LogP contribution in [0.25, 0.3) is 0 Å². The molecule has 1 atom stereocenters. The number of hydrogen-bond acceptors (Lipinski definition) is 4. The van der Waals surface area contributed by atoms with E-state index >= 15 is 0 Å². The molecule has 5 heteroatoms. The van der Waals surface area contributed by atoms with Crippen molar-refractivity contribution < 1.29 is 9.53 Å². The Labute approximate surface area is 112 Å². The summed E-state index contributed by atoms with van der Waals surface area (Å²) in [5.41, 5.74) is 1.78. The molecular weight excluding hydrogens is 242 g/mol. The third-order valence-corrected chi connectivity index (χ3v) is 3.66. The second kappa shape index (κ2) is 5.48. The number of benzene rings is 1. The van der Waals surface area contributed by atoms with Crippen LogP contribution in [0, 0.1) is 5.92 Å². The molecule has 1 aromatic rings. The van der Waals surface area contributed by atoms with Crippen LogP contribution in [-0.4, -0.2) is 32.1 Å². The molecule has 1 saturated heterocycles. The molecule has 0 spiro atoms. The largest absolute Gasteiger partial charge is 0.482 e. The van der Waals surface area contributed by atoms with Gasteiger partial charge in [0.15, 0.2) is 6.61 Å². The molecule has 19 heavy (non-hydrogen) atoms. The van der Waals surface area contributed by atoms with E-state index in [0.717, 1.165) is 42.7 Å². The van der Waals surface area contributed by atoms with Gasteiger partial charge in [-0.15, -0.1) is 0 Å². The van der Waals surface area contributed by atoms with E-state index in [2.05, 4.69) is 16.0 Å². The Morgan fingerprint density at radius 3 is 3.21 bits per heavy atom. The summed E-state index contributed by atoms with van der Waals surface area (Å²) in [5, 5.41) is 9.59. The highest BCUT2D eigenvalue weighted by atomic mass is 16.5. The van der Waals surface area contributed by atoms with E-state index in [4.69, 9.17) is 4.74 Å². The summed E-state index contributed by atoms with van der Waals surface area (Å²) < 4.78 is 5.33. The average Bonchev–Trinajstić information content (AvgIpc) is 2.91. The van der Waals surface area contributed by atoms with Crippen molar-refractivity contribution in [3.63, 3.8) is 0 Å². The summed E-state index contributed by atoms with van der Waals surface area (Å²) in [4.78, 5) is 11.3. The Balaban J connectivity index is 1.56. The van der Waals surface area contributed by atoms with Gasteiger partial charge in [-0.25, -0.2) is 0 Å². The van der Waals surface area contributed by atoms with Gasteiger partial charge in [0.1, 0.15) is 5.75 Å². The molecule has 1 amide bonds. The van der Waals surface area contributed by atoms with Gasteiger partial charge in [0, 0.05) is 12.2 Å². The number of rotatable bonds is 4. The molecule has 3 N–H and O–H groups in total. The number of carbonyl (C=O) groups excluding carboxylic acids is 1. The fourth-order valence-corrected chi connectivity index (χ4v) is 2.57. The number of nitrogens with one attached hydrogen (secondary N) is 3. The molecule has 5 nitrogen and oxygen atoms in total. The van der Waals surface area contributed by atoms with Crippen molar-refractivity contribution in [1.29, 1.82) is 0 Å². The average molecular weight is 261 g/mol. The number of hydrogen-bond donors (Lipinski definition) is 3. The maximum absolute atomic E-state index is 11.3. The molecule has 2 aliphatic rings. The zero-order valence-electron chi connectivity index (χ0n) is 10.9. The number of amides is 1. The Bertz CT molecular complexity index is 470. The van der Waals surface area contributed by atoms with Gasteiger partial charge in [-0.05, 0) is 50.0 Å². The summed E-state index contributed by atoms with van der Waals surface area (Å²) >= 11 is 0. The van der Waals surface area contributed by atoms with E-state index in [1.165, 1.54) is 12.8 Å². The lowest BCUT2D eigenvalue weighted by atomic mass is 10.1. The van der Waals surface area contributed by atoms with Crippen molar-refractivity contribution in [3.05, 3.63) is 18.2 Å². The van der Waals surface area contributed by atoms with Crippen LogP contribution >= 0.6 is 0 Å². The van der Waals surface area contributed by atoms with Crippen LogP contribution in [0.3, 0.4) is 0 Å². The molecule has 1 unspecified atom stereocenters. The lowest BCUT2D eigenvalue weighted by molar-refractivity contribution is -0.118. The van der Waals surface area contributed by atoms with Crippen molar-refractivity contribution in [2.75, 3.05) is 36.9 Å². The summed E-state index contributed by atoms with van der Waals surface area (Å²) in [5.74, 6) is 1.43. The SMILES string of the molecule is O=C1COc2ccc(NCCC3CCNC3)cc2N1. The van der Waals surface area contributed by atoms with E-state index in [9.17, 15) is 4.79 Å². The molecule has 0 bridgehead atoms. The number of fused-ring (bicyclic) bond motifs is 1. The zero-order chi connectivity index (χ0) is 13.1. The summed E-state index contributed by atoms with van der Waals surface area (Å²) in [7, 11) is 0. The van der Waals surface area contributed by atoms with E-state index in [1.807, 2.05) is 18.2 Å². The third-order valence-electron chi connectivity index (χ3n) is 3.66. The lowest BCUT2D eigenvalue weighted by Gasteiger charge is -2.19. The minimum atomic E-state index is -0.0957. The first-order valence-electron chi connectivity index (χ1n) is 6.82. The van der Waals surface area contributed by atoms with Crippen LogP contribution < -0.4 is 20.7 Å². The van der Waals surface area contributed by atoms with E-state index in [1.54, 1.807) is 0 Å². The lowest BCUT2D eigenvalue weighted by Crippen LogP contribution is -2.25.